The maximum absolute atomic E-state index is 11.0. The first-order valence-electron chi connectivity index (χ1n) is 7.28. The van der Waals surface area contributed by atoms with Crippen molar-refractivity contribution in [2.24, 2.45) is 0 Å². The highest BCUT2D eigenvalue weighted by molar-refractivity contribution is 7.71. The number of nitrogens with one attached hydrogen (secondary N) is 1. The Labute approximate surface area is 148 Å². The van der Waals surface area contributed by atoms with Crippen molar-refractivity contribution < 1.29 is 19.4 Å². The molecule has 8 heteroatoms. The average molecular weight is 357 g/mol. The molecule has 0 aliphatic rings. The van der Waals surface area contributed by atoms with Gasteiger partial charge in [-0.2, -0.15) is 5.10 Å². The molecule has 1 heterocycles. The number of rotatable bonds is 5. The molecule has 0 saturated carbocycles. The van der Waals surface area contributed by atoms with Crippen molar-refractivity contribution >= 4 is 18.2 Å². The summed E-state index contributed by atoms with van der Waals surface area (Å²) in [5.74, 6) is 0.817. The van der Waals surface area contributed by atoms with Crippen molar-refractivity contribution in [2.45, 2.75) is 0 Å². The Morgan fingerprint density at radius 3 is 2.24 bits per heavy atom. The predicted octanol–water partition coefficient (Wildman–Crippen LogP) is 3.31. The van der Waals surface area contributed by atoms with E-state index in [1.54, 1.807) is 37.0 Å². The molecule has 0 fully saturated rings. The third kappa shape index (κ3) is 3.24. The van der Waals surface area contributed by atoms with Gasteiger partial charge >= 0.3 is 5.97 Å². The van der Waals surface area contributed by atoms with Crippen LogP contribution in [0.3, 0.4) is 0 Å². The molecule has 0 unspecified atom stereocenters. The molecular weight excluding hydrogens is 342 g/mol. The summed E-state index contributed by atoms with van der Waals surface area (Å²) >= 11 is 5.33. The topological polar surface area (TPSA) is 89.4 Å². The van der Waals surface area contributed by atoms with Gasteiger partial charge < -0.3 is 14.6 Å². The zero-order valence-electron chi connectivity index (χ0n) is 13.5. The van der Waals surface area contributed by atoms with E-state index in [2.05, 4.69) is 10.2 Å². The number of carboxylic acids is 1. The van der Waals surface area contributed by atoms with Gasteiger partial charge in [-0.05, 0) is 48.6 Å². The summed E-state index contributed by atoms with van der Waals surface area (Å²) in [6.07, 6.45) is 0. The van der Waals surface area contributed by atoms with Crippen LogP contribution in [0.25, 0.3) is 17.1 Å². The summed E-state index contributed by atoms with van der Waals surface area (Å²) in [6.45, 7) is 0. The summed E-state index contributed by atoms with van der Waals surface area (Å²) in [5.41, 5.74) is 1.63. The number of hydrogen-bond acceptors (Lipinski definition) is 5. The number of hydrogen-bond donors (Lipinski definition) is 2. The molecule has 128 valence electrons. The van der Waals surface area contributed by atoms with E-state index in [9.17, 15) is 4.79 Å². The van der Waals surface area contributed by atoms with Gasteiger partial charge in [-0.3, -0.25) is 9.67 Å². The van der Waals surface area contributed by atoms with Crippen molar-refractivity contribution in [1.82, 2.24) is 14.8 Å². The highest BCUT2D eigenvalue weighted by atomic mass is 32.1. The first-order chi connectivity index (χ1) is 12.0. The van der Waals surface area contributed by atoms with Crippen molar-refractivity contribution in [1.29, 1.82) is 0 Å². The summed E-state index contributed by atoms with van der Waals surface area (Å²) in [5, 5.41) is 16.1. The molecule has 25 heavy (non-hydrogen) atoms. The molecule has 0 spiro atoms. The lowest BCUT2D eigenvalue weighted by Crippen LogP contribution is -2.01. The number of methoxy groups -OCH3 is 2. The Balaban J connectivity index is 2.14. The molecular formula is C17H15N3O4S. The van der Waals surface area contributed by atoms with Crippen molar-refractivity contribution in [3.05, 3.63) is 52.8 Å². The number of benzene rings is 2. The van der Waals surface area contributed by atoms with Crippen LogP contribution in [-0.4, -0.2) is 40.1 Å². The van der Waals surface area contributed by atoms with Gasteiger partial charge in [0.15, 0.2) is 10.6 Å². The standard InChI is InChI=1S/C17H15N3O4S/c1-23-13-7-11(8-14(9-13)24-2)15-18-19-17(25)20(15)12-5-3-10(4-6-12)16(21)22/h3-9H,1-2H3,(H,19,25)(H,21,22). The molecule has 0 aliphatic carbocycles. The lowest BCUT2D eigenvalue weighted by Gasteiger charge is -2.10. The Hall–Kier alpha value is -3.13. The normalized spacial score (nSPS) is 10.5. The molecule has 0 amide bonds. The van der Waals surface area contributed by atoms with Crippen LogP contribution in [0.4, 0.5) is 0 Å². The molecule has 3 aromatic rings. The number of nitrogens with zero attached hydrogens (tertiary/aromatic N) is 2. The van der Waals surface area contributed by atoms with Gasteiger partial charge in [-0.15, -0.1) is 0 Å². The maximum atomic E-state index is 11.0. The fraction of sp³-hybridized carbons (Fsp3) is 0.118. The van der Waals surface area contributed by atoms with Gasteiger partial charge in [0, 0.05) is 11.6 Å². The Morgan fingerprint density at radius 2 is 1.72 bits per heavy atom. The maximum Gasteiger partial charge on any atom is 0.335 e. The van der Waals surface area contributed by atoms with Crippen LogP contribution in [0.1, 0.15) is 10.4 Å². The smallest absolute Gasteiger partial charge is 0.335 e. The Kier molecular flexibility index (Phi) is 4.53. The van der Waals surface area contributed by atoms with Gasteiger partial charge in [0.2, 0.25) is 0 Å². The van der Waals surface area contributed by atoms with Crippen LogP contribution < -0.4 is 9.47 Å². The first kappa shape index (κ1) is 16.7. The van der Waals surface area contributed by atoms with Crippen molar-refractivity contribution in [3.8, 4) is 28.6 Å². The second kappa shape index (κ2) is 6.78. The molecule has 0 aliphatic heterocycles. The van der Waals surface area contributed by atoms with E-state index in [0.717, 1.165) is 5.56 Å². The van der Waals surface area contributed by atoms with Crippen molar-refractivity contribution in [3.63, 3.8) is 0 Å². The lowest BCUT2D eigenvalue weighted by atomic mass is 10.1. The van der Waals surface area contributed by atoms with E-state index in [-0.39, 0.29) is 5.56 Å². The largest absolute Gasteiger partial charge is 0.497 e. The highest BCUT2D eigenvalue weighted by Gasteiger charge is 2.14. The molecule has 0 atom stereocenters. The summed E-state index contributed by atoms with van der Waals surface area (Å²) in [4.78, 5) is 11.0. The van der Waals surface area contributed by atoms with Crippen LogP contribution in [0.5, 0.6) is 11.5 Å². The fourth-order valence-electron chi connectivity index (χ4n) is 2.42. The average Bonchev–Trinajstić information content (AvgIpc) is 3.02. The summed E-state index contributed by atoms with van der Waals surface area (Å²) in [7, 11) is 3.14. The van der Waals surface area contributed by atoms with E-state index in [4.69, 9.17) is 26.8 Å². The van der Waals surface area contributed by atoms with E-state index in [1.807, 2.05) is 12.1 Å². The number of H-pyrrole nitrogens is 1. The van der Waals surface area contributed by atoms with Crippen LogP contribution in [0.2, 0.25) is 0 Å². The Bertz CT molecular complexity index is 954. The zero-order chi connectivity index (χ0) is 18.0. The number of aromatic nitrogens is 3. The monoisotopic (exact) mass is 357 g/mol. The van der Waals surface area contributed by atoms with Crippen molar-refractivity contribution in [2.75, 3.05) is 14.2 Å². The van der Waals surface area contributed by atoms with E-state index < -0.39 is 5.97 Å². The first-order valence-corrected chi connectivity index (χ1v) is 7.69. The van der Waals surface area contributed by atoms with Gasteiger partial charge in [0.25, 0.3) is 0 Å². The van der Waals surface area contributed by atoms with E-state index in [1.165, 1.54) is 12.1 Å². The second-order valence-electron chi connectivity index (χ2n) is 5.14. The minimum Gasteiger partial charge on any atom is -0.497 e. The molecule has 0 saturated heterocycles. The fourth-order valence-corrected chi connectivity index (χ4v) is 2.66. The van der Waals surface area contributed by atoms with Gasteiger partial charge in [0.1, 0.15) is 11.5 Å². The number of aromatic amines is 1. The molecule has 2 N–H and O–H groups in total. The predicted molar refractivity (Wildman–Crippen MR) is 94.2 cm³/mol. The number of carboxylic acid groups (broad SMARTS) is 1. The quantitative estimate of drug-likeness (QED) is 0.681. The van der Waals surface area contributed by atoms with Crippen LogP contribution >= 0.6 is 12.2 Å². The molecule has 2 aromatic carbocycles. The highest BCUT2D eigenvalue weighted by Crippen LogP contribution is 2.30. The molecule has 0 radical (unpaired) electrons. The number of carbonyl (C=O) groups is 1. The van der Waals surface area contributed by atoms with Gasteiger partial charge in [0.05, 0.1) is 25.5 Å². The molecule has 0 bridgehead atoms. The third-order valence-corrected chi connectivity index (χ3v) is 3.93. The van der Waals surface area contributed by atoms with E-state index >= 15 is 0 Å². The Morgan fingerprint density at radius 1 is 1.12 bits per heavy atom. The SMILES string of the molecule is COc1cc(OC)cc(-c2n[nH]c(=S)n2-c2ccc(C(=O)O)cc2)c1. The van der Waals surface area contributed by atoms with Crippen LogP contribution in [-0.2, 0) is 0 Å². The minimum absolute atomic E-state index is 0.198. The molecule has 7 nitrogen and oxygen atoms in total. The summed E-state index contributed by atoms with van der Waals surface area (Å²) < 4.78 is 12.7. The lowest BCUT2D eigenvalue weighted by molar-refractivity contribution is 0.0697. The van der Waals surface area contributed by atoms with E-state index in [0.29, 0.717) is 27.8 Å². The second-order valence-corrected chi connectivity index (χ2v) is 5.53. The summed E-state index contributed by atoms with van der Waals surface area (Å²) in [6, 6.07) is 11.8. The number of ether oxygens (including phenoxy) is 2. The van der Waals surface area contributed by atoms with Gasteiger partial charge in [-0.1, -0.05) is 0 Å². The zero-order valence-corrected chi connectivity index (χ0v) is 14.3. The number of aromatic carboxylic acids is 1. The van der Waals surface area contributed by atoms with Crippen LogP contribution in [0.15, 0.2) is 42.5 Å². The van der Waals surface area contributed by atoms with Gasteiger partial charge in [-0.25, -0.2) is 4.79 Å². The third-order valence-electron chi connectivity index (χ3n) is 3.65. The molecule has 1 aromatic heterocycles. The van der Waals surface area contributed by atoms with Crippen LogP contribution in [0, 0.1) is 4.77 Å². The molecule has 3 rings (SSSR count). The minimum atomic E-state index is -0.986.